The number of nitrogens with zero attached hydrogens (tertiary/aromatic N) is 3. The van der Waals surface area contributed by atoms with Gasteiger partial charge in [-0.05, 0) is 23.8 Å². The van der Waals surface area contributed by atoms with Crippen molar-refractivity contribution >= 4 is 59.7 Å². The van der Waals surface area contributed by atoms with Gasteiger partial charge in [0.2, 0.25) is 11.8 Å². The first-order valence-corrected chi connectivity index (χ1v) is 9.71. The van der Waals surface area contributed by atoms with Crippen molar-refractivity contribution in [2.45, 2.75) is 12.3 Å². The van der Waals surface area contributed by atoms with E-state index in [1.807, 2.05) is 23.1 Å². The fourth-order valence-electron chi connectivity index (χ4n) is 3.86. The molecule has 1 unspecified atom stereocenters. The van der Waals surface area contributed by atoms with Crippen molar-refractivity contribution in [3.8, 4) is 0 Å². The summed E-state index contributed by atoms with van der Waals surface area (Å²) in [6.07, 6.45) is 2.06. The van der Waals surface area contributed by atoms with E-state index in [4.69, 9.17) is 17.3 Å². The lowest BCUT2D eigenvalue weighted by atomic mass is 9.97. The normalized spacial score (nSPS) is 16.1. The number of hydrogen-bond acceptors (Lipinski definition) is 5. The first kappa shape index (κ1) is 24.2. The molecule has 0 spiro atoms. The van der Waals surface area contributed by atoms with Gasteiger partial charge in [0.05, 0.1) is 12.3 Å². The number of hydrogen-bond donors (Lipinski definition) is 2. The van der Waals surface area contributed by atoms with E-state index in [-0.39, 0.29) is 49.1 Å². The fourth-order valence-corrected chi connectivity index (χ4v) is 3.99. The molecule has 0 bridgehead atoms. The van der Waals surface area contributed by atoms with Crippen LogP contribution in [0.15, 0.2) is 36.5 Å². The Morgan fingerprint density at radius 2 is 1.80 bits per heavy atom. The molecule has 3 heterocycles. The molecule has 0 saturated carbocycles. The number of halogens is 3. The number of fused-ring (bicyclic) bond motifs is 1. The van der Waals surface area contributed by atoms with Crippen LogP contribution in [0.3, 0.4) is 0 Å². The molecule has 1 atom stereocenters. The van der Waals surface area contributed by atoms with E-state index in [9.17, 15) is 9.59 Å². The summed E-state index contributed by atoms with van der Waals surface area (Å²) in [5, 5.41) is 3.42. The molecule has 2 amide bonds. The molecule has 4 rings (SSSR count). The van der Waals surface area contributed by atoms with Gasteiger partial charge in [-0.15, -0.1) is 24.8 Å². The number of piperazine rings is 1. The van der Waals surface area contributed by atoms with Crippen LogP contribution in [-0.4, -0.2) is 54.4 Å². The molecule has 2 aliphatic heterocycles. The highest BCUT2D eigenvalue weighted by Crippen LogP contribution is 2.31. The van der Waals surface area contributed by atoms with Crippen LogP contribution < -0.4 is 16.0 Å². The second-order valence-corrected chi connectivity index (χ2v) is 7.47. The van der Waals surface area contributed by atoms with Gasteiger partial charge in [-0.3, -0.25) is 9.59 Å². The maximum absolute atomic E-state index is 13.0. The van der Waals surface area contributed by atoms with E-state index in [1.54, 1.807) is 18.3 Å². The maximum Gasteiger partial charge on any atom is 0.231 e. The lowest BCUT2D eigenvalue weighted by Crippen LogP contribution is -2.51. The molecular weight excluding hydrogens is 449 g/mol. The monoisotopic (exact) mass is 471 g/mol. The van der Waals surface area contributed by atoms with E-state index >= 15 is 0 Å². The number of carbonyl (C=O) groups is 2. The molecule has 1 saturated heterocycles. The fraction of sp³-hybridized carbons (Fsp3) is 0.350. The Bertz CT molecular complexity index is 902. The van der Waals surface area contributed by atoms with Gasteiger partial charge in [-0.2, -0.15) is 0 Å². The number of nitrogens with two attached hydrogens (primary N) is 1. The van der Waals surface area contributed by atoms with E-state index in [0.29, 0.717) is 43.4 Å². The molecule has 10 heteroatoms. The number of aromatic nitrogens is 1. The largest absolute Gasteiger partial charge is 0.368 e. The van der Waals surface area contributed by atoms with Crippen molar-refractivity contribution in [2.75, 3.05) is 42.9 Å². The lowest BCUT2D eigenvalue weighted by Gasteiger charge is -2.38. The Kier molecular flexibility index (Phi) is 8.32. The van der Waals surface area contributed by atoms with Crippen LogP contribution in [-0.2, 0) is 16.0 Å². The van der Waals surface area contributed by atoms with Crippen LogP contribution >= 0.6 is 36.4 Å². The van der Waals surface area contributed by atoms with E-state index in [2.05, 4.69) is 15.2 Å². The van der Waals surface area contributed by atoms with Gasteiger partial charge in [-0.1, -0.05) is 23.7 Å². The number of carbonyl (C=O) groups excluding carboxylic acids is 2. The molecule has 162 valence electrons. The third-order valence-electron chi connectivity index (χ3n) is 5.36. The van der Waals surface area contributed by atoms with Crippen molar-refractivity contribution in [2.24, 2.45) is 5.73 Å². The molecule has 7 nitrogen and oxygen atoms in total. The average Bonchev–Trinajstić information content (AvgIpc) is 3.10. The van der Waals surface area contributed by atoms with E-state index in [0.717, 1.165) is 16.8 Å². The number of pyridine rings is 1. The van der Waals surface area contributed by atoms with Crippen molar-refractivity contribution < 1.29 is 9.59 Å². The van der Waals surface area contributed by atoms with Gasteiger partial charge in [0.15, 0.2) is 0 Å². The Morgan fingerprint density at radius 3 is 2.43 bits per heavy atom. The van der Waals surface area contributed by atoms with Crippen LogP contribution in [0.1, 0.15) is 17.0 Å². The molecule has 2 aliphatic rings. The Labute approximate surface area is 192 Å². The number of benzene rings is 1. The highest BCUT2D eigenvalue weighted by Gasteiger charge is 2.30. The van der Waals surface area contributed by atoms with Gasteiger partial charge < -0.3 is 20.9 Å². The van der Waals surface area contributed by atoms with E-state index in [1.165, 1.54) is 0 Å². The number of amides is 2. The van der Waals surface area contributed by atoms with Crippen molar-refractivity contribution in [1.29, 1.82) is 0 Å². The van der Waals surface area contributed by atoms with Crippen molar-refractivity contribution in [3.63, 3.8) is 0 Å². The molecular formula is C20H24Cl3N5O2. The second kappa shape index (κ2) is 10.3. The van der Waals surface area contributed by atoms with Gasteiger partial charge in [0.25, 0.3) is 0 Å². The minimum Gasteiger partial charge on any atom is -0.368 e. The molecule has 30 heavy (non-hydrogen) atoms. The zero-order valence-electron chi connectivity index (χ0n) is 16.2. The zero-order chi connectivity index (χ0) is 19.7. The predicted molar refractivity (Wildman–Crippen MR) is 123 cm³/mol. The van der Waals surface area contributed by atoms with E-state index < -0.39 is 0 Å². The number of rotatable bonds is 4. The summed E-state index contributed by atoms with van der Waals surface area (Å²) in [4.78, 5) is 33.0. The Balaban J connectivity index is 0.00000160. The predicted octanol–water partition coefficient (Wildman–Crippen LogP) is 2.46. The van der Waals surface area contributed by atoms with Crippen LogP contribution in [0.5, 0.6) is 0 Å². The zero-order valence-corrected chi connectivity index (χ0v) is 18.6. The molecule has 1 fully saturated rings. The molecule has 1 aromatic carbocycles. The summed E-state index contributed by atoms with van der Waals surface area (Å²) in [5.41, 5.74) is 8.75. The standard InChI is InChI=1S/C20H22ClN5O2.2ClH/c21-14-3-1-13(2-4-14)16(12-22)20(28)26-9-7-25(8-10-26)17-5-6-23-19-15(17)11-18(27)24-19;;/h1-6,16H,7-12,22H2,(H,23,24,27);2*1H. The Morgan fingerprint density at radius 1 is 1.13 bits per heavy atom. The highest BCUT2D eigenvalue weighted by atomic mass is 35.5. The molecule has 0 radical (unpaired) electrons. The van der Waals surface area contributed by atoms with Gasteiger partial charge in [-0.25, -0.2) is 4.98 Å². The smallest absolute Gasteiger partial charge is 0.231 e. The second-order valence-electron chi connectivity index (χ2n) is 7.03. The molecule has 3 N–H and O–H groups in total. The topological polar surface area (TPSA) is 91.6 Å². The molecule has 1 aromatic heterocycles. The third-order valence-corrected chi connectivity index (χ3v) is 5.62. The summed E-state index contributed by atoms with van der Waals surface area (Å²) in [7, 11) is 0. The van der Waals surface area contributed by atoms with Crippen LogP contribution in [0.4, 0.5) is 11.5 Å². The van der Waals surface area contributed by atoms with Crippen LogP contribution in [0, 0.1) is 0 Å². The van der Waals surface area contributed by atoms with Crippen molar-refractivity contribution in [1.82, 2.24) is 9.88 Å². The summed E-state index contributed by atoms with van der Waals surface area (Å²) in [5.74, 6) is 0.293. The lowest BCUT2D eigenvalue weighted by molar-refractivity contribution is -0.132. The minimum absolute atomic E-state index is 0. The van der Waals surface area contributed by atoms with Crippen molar-refractivity contribution in [3.05, 3.63) is 52.7 Å². The summed E-state index contributed by atoms with van der Waals surface area (Å²) in [6, 6.07) is 9.22. The summed E-state index contributed by atoms with van der Waals surface area (Å²) in [6.45, 7) is 2.89. The quantitative estimate of drug-likeness (QED) is 0.713. The number of nitrogens with one attached hydrogen (secondary N) is 1. The Hall–Kier alpha value is -2.06. The minimum atomic E-state index is -0.365. The van der Waals surface area contributed by atoms with Gasteiger partial charge in [0.1, 0.15) is 5.82 Å². The summed E-state index contributed by atoms with van der Waals surface area (Å²) >= 11 is 5.95. The average molecular weight is 473 g/mol. The highest BCUT2D eigenvalue weighted by molar-refractivity contribution is 6.30. The first-order chi connectivity index (χ1) is 13.6. The number of anilines is 2. The molecule has 2 aromatic rings. The third kappa shape index (κ3) is 4.81. The van der Waals surface area contributed by atoms with Crippen LogP contribution in [0.2, 0.25) is 5.02 Å². The molecule has 0 aliphatic carbocycles. The first-order valence-electron chi connectivity index (χ1n) is 9.34. The SMILES string of the molecule is Cl.Cl.NCC(C(=O)N1CCN(c2ccnc3c2CC(=O)N3)CC1)c1ccc(Cl)cc1. The maximum atomic E-state index is 13.0. The van der Waals surface area contributed by atoms with Gasteiger partial charge in [0, 0.05) is 55.2 Å². The van der Waals surface area contributed by atoms with Gasteiger partial charge >= 0.3 is 0 Å². The van der Waals surface area contributed by atoms with Crippen LogP contribution in [0.25, 0.3) is 0 Å². The summed E-state index contributed by atoms with van der Waals surface area (Å²) < 4.78 is 0.